The van der Waals surface area contributed by atoms with Gasteiger partial charge in [-0.1, -0.05) is 247 Å². The molecule has 384 valence electrons. The van der Waals surface area contributed by atoms with Gasteiger partial charge in [0.15, 0.2) is 0 Å². The molecule has 2 nitrogen and oxygen atoms in total. The van der Waals surface area contributed by atoms with Gasteiger partial charge in [0.05, 0.1) is 0 Å². The molecule has 7 aromatic carbocycles. The zero-order valence-electron chi connectivity index (χ0n) is 46.1. The topological polar surface area (TPSA) is 26.3 Å². The minimum absolute atomic E-state index is 0.298. The molecule has 0 saturated heterocycles. The molecule has 0 aliphatic heterocycles. The van der Waals surface area contributed by atoms with E-state index in [0.29, 0.717) is 34.8 Å². The van der Waals surface area contributed by atoms with E-state index in [1.807, 2.05) is 0 Å². The first-order valence-corrected chi connectivity index (χ1v) is 30.1. The van der Waals surface area contributed by atoms with Crippen molar-refractivity contribution < 1.29 is 9.53 Å². The molecule has 3 heteroatoms. The van der Waals surface area contributed by atoms with Crippen LogP contribution in [0, 0.1) is 23.7 Å². The number of halogens is 1. The van der Waals surface area contributed by atoms with Crippen LogP contribution in [-0.2, 0) is 35.8 Å². The van der Waals surface area contributed by atoms with E-state index in [1.54, 1.807) is 6.92 Å². The molecular formula is C69H89BrO2. The minimum atomic E-state index is -0.298. The third kappa shape index (κ3) is 12.9. The zero-order valence-corrected chi connectivity index (χ0v) is 47.7. The van der Waals surface area contributed by atoms with E-state index in [1.165, 1.54) is 185 Å². The first-order valence-electron chi connectivity index (χ1n) is 29.0. The highest BCUT2D eigenvalue weighted by atomic mass is 79.9. The highest BCUT2D eigenvalue weighted by Crippen LogP contribution is 2.51. The molecule has 0 heterocycles. The van der Waals surface area contributed by atoms with Crippen molar-refractivity contribution in [1.82, 2.24) is 0 Å². The van der Waals surface area contributed by atoms with Gasteiger partial charge in [-0.2, -0.15) is 0 Å². The number of rotatable bonds is 28. The van der Waals surface area contributed by atoms with E-state index < -0.39 is 0 Å². The standard InChI is InChI=1S/C69H89BrO2/c1-10-18-26-48(14-5)38-53-30-22-34-57-61(53)44-62-54(39-49(15-6)27-19-11-2)31-23-35-58(62)67(57)65-42-52(46-70)43-66(69(65)72-47(9)71)68-59-36-24-32-55(40-50(16-7)28-20-12-3)63(59)45-64-56(33-25-37-60(64)68)41-51(17-8)29-21-13-4/h22-25,30-37,42-45,48-51H,10-21,26-29,38-41,46H2,1-9H3. The third-order valence-corrected chi connectivity index (χ3v) is 17.4. The van der Waals surface area contributed by atoms with Gasteiger partial charge in [0.2, 0.25) is 0 Å². The third-order valence-electron chi connectivity index (χ3n) is 16.7. The van der Waals surface area contributed by atoms with Gasteiger partial charge in [-0.15, -0.1) is 0 Å². The van der Waals surface area contributed by atoms with Crippen LogP contribution in [0.5, 0.6) is 5.75 Å². The molecule has 0 radical (unpaired) electrons. The molecule has 0 spiro atoms. The fourth-order valence-electron chi connectivity index (χ4n) is 12.3. The second-order valence-corrected chi connectivity index (χ2v) is 22.3. The SMILES string of the molecule is CCCCC(CC)Cc1cccc2c(-c3cc(CBr)cc(-c4c5cccc(CC(CC)CCCC)c5cc5c(CC(CC)CCCC)cccc45)c3OC(C)=O)c3cccc(CC(CC)CCCC)c3cc12. The maximum Gasteiger partial charge on any atom is 0.308 e. The Bertz CT molecular complexity index is 2550. The maximum atomic E-state index is 13.9. The number of esters is 1. The summed E-state index contributed by atoms with van der Waals surface area (Å²) < 4.78 is 6.85. The summed E-state index contributed by atoms with van der Waals surface area (Å²) in [5, 5.41) is 10.9. The van der Waals surface area contributed by atoms with Gasteiger partial charge in [0.1, 0.15) is 5.75 Å². The second kappa shape index (κ2) is 27.2. The van der Waals surface area contributed by atoms with Crippen LogP contribution in [0.4, 0.5) is 0 Å². The highest BCUT2D eigenvalue weighted by molar-refractivity contribution is 9.08. The molecule has 4 unspecified atom stereocenters. The lowest BCUT2D eigenvalue weighted by molar-refractivity contribution is -0.131. The van der Waals surface area contributed by atoms with Gasteiger partial charge in [-0.05, 0) is 145 Å². The molecule has 0 aliphatic rings. The van der Waals surface area contributed by atoms with E-state index in [2.05, 4.69) is 168 Å². The Morgan fingerprint density at radius 3 is 0.958 bits per heavy atom. The molecule has 7 aromatic rings. The predicted octanol–water partition coefficient (Wildman–Crippen LogP) is 21.5. The monoisotopic (exact) mass is 1030 g/mol. The molecule has 0 amide bonds. The van der Waals surface area contributed by atoms with Crippen molar-refractivity contribution in [1.29, 1.82) is 0 Å². The molecule has 0 bridgehead atoms. The van der Waals surface area contributed by atoms with Gasteiger partial charge in [0.25, 0.3) is 0 Å². The summed E-state index contributed by atoms with van der Waals surface area (Å²) in [4.78, 5) is 13.9. The van der Waals surface area contributed by atoms with E-state index in [-0.39, 0.29) is 5.97 Å². The van der Waals surface area contributed by atoms with Crippen LogP contribution >= 0.6 is 15.9 Å². The first kappa shape index (κ1) is 55.3. The van der Waals surface area contributed by atoms with Crippen LogP contribution in [0.25, 0.3) is 65.3 Å². The summed E-state index contributed by atoms with van der Waals surface area (Å²) in [6.45, 7) is 20.3. The van der Waals surface area contributed by atoms with Crippen molar-refractivity contribution >= 4 is 65.0 Å². The number of ether oxygens (including phenoxy) is 1. The molecule has 7 rings (SSSR count). The van der Waals surface area contributed by atoms with E-state index in [9.17, 15) is 4.79 Å². The summed E-state index contributed by atoms with van der Waals surface area (Å²) in [6, 6.07) is 37.9. The first-order chi connectivity index (χ1) is 35.1. The van der Waals surface area contributed by atoms with Gasteiger partial charge < -0.3 is 4.74 Å². The maximum absolute atomic E-state index is 13.9. The summed E-state index contributed by atoms with van der Waals surface area (Å²) in [7, 11) is 0. The molecule has 0 N–H and O–H groups in total. The Kier molecular flexibility index (Phi) is 20.9. The lowest BCUT2D eigenvalue weighted by Crippen LogP contribution is -2.08. The lowest BCUT2D eigenvalue weighted by atomic mass is 9.81. The van der Waals surface area contributed by atoms with Gasteiger partial charge >= 0.3 is 5.97 Å². The van der Waals surface area contributed by atoms with Crippen molar-refractivity contribution in [2.24, 2.45) is 23.7 Å². The van der Waals surface area contributed by atoms with Gasteiger partial charge in [0, 0.05) is 34.5 Å². The van der Waals surface area contributed by atoms with Gasteiger partial charge in [-0.25, -0.2) is 0 Å². The number of carbonyl (C=O) groups is 1. The molecule has 0 aliphatic carbocycles. The summed E-state index contributed by atoms with van der Waals surface area (Å²) in [5.74, 6) is 2.85. The predicted molar refractivity (Wildman–Crippen MR) is 319 cm³/mol. The summed E-state index contributed by atoms with van der Waals surface area (Å²) >= 11 is 4.01. The Morgan fingerprint density at radius 1 is 0.431 bits per heavy atom. The Balaban J connectivity index is 1.62. The van der Waals surface area contributed by atoms with Crippen LogP contribution in [0.15, 0.2) is 97.1 Å². The molecule has 72 heavy (non-hydrogen) atoms. The number of fused-ring (bicyclic) bond motifs is 4. The average molecular weight is 1030 g/mol. The summed E-state index contributed by atoms with van der Waals surface area (Å²) in [5.41, 5.74) is 11.2. The lowest BCUT2D eigenvalue weighted by Gasteiger charge is -2.24. The van der Waals surface area contributed by atoms with E-state index in [0.717, 1.165) is 36.8 Å². The number of unbranched alkanes of at least 4 members (excludes halogenated alkanes) is 4. The fourth-order valence-corrected chi connectivity index (χ4v) is 12.6. The van der Waals surface area contributed by atoms with E-state index >= 15 is 0 Å². The molecular weight excluding hydrogens is 941 g/mol. The Morgan fingerprint density at radius 2 is 0.722 bits per heavy atom. The molecule has 0 aromatic heterocycles. The zero-order chi connectivity index (χ0) is 51.1. The molecule has 4 atom stereocenters. The number of carbonyl (C=O) groups excluding carboxylic acids is 1. The van der Waals surface area contributed by atoms with Crippen molar-refractivity contribution in [3.05, 3.63) is 125 Å². The average Bonchev–Trinajstić information content (AvgIpc) is 3.40. The van der Waals surface area contributed by atoms with Crippen molar-refractivity contribution in [2.75, 3.05) is 0 Å². The smallest absolute Gasteiger partial charge is 0.308 e. The molecule has 0 fully saturated rings. The Labute approximate surface area is 444 Å². The largest absolute Gasteiger partial charge is 0.425 e. The van der Waals surface area contributed by atoms with Crippen LogP contribution in [-0.4, -0.2) is 5.97 Å². The van der Waals surface area contributed by atoms with Crippen molar-refractivity contribution in [3.63, 3.8) is 0 Å². The normalized spacial score (nSPS) is 13.6. The minimum Gasteiger partial charge on any atom is -0.425 e. The number of hydrogen-bond donors (Lipinski definition) is 0. The van der Waals surface area contributed by atoms with Crippen molar-refractivity contribution in [3.8, 4) is 28.0 Å². The number of benzene rings is 7. The van der Waals surface area contributed by atoms with E-state index in [4.69, 9.17) is 4.74 Å². The van der Waals surface area contributed by atoms with Gasteiger partial charge in [-0.3, -0.25) is 4.79 Å². The number of hydrogen-bond acceptors (Lipinski definition) is 2. The molecule has 0 saturated carbocycles. The quantitative estimate of drug-likeness (QED) is 0.0212. The second-order valence-electron chi connectivity index (χ2n) is 21.8. The summed E-state index contributed by atoms with van der Waals surface area (Å²) in [6.07, 6.45) is 23.8. The van der Waals surface area contributed by atoms with Crippen LogP contribution in [0.2, 0.25) is 0 Å². The number of alkyl halides is 1. The fraction of sp³-hybridized carbons (Fsp3) is 0.493. The van der Waals surface area contributed by atoms with Crippen molar-refractivity contribution in [2.45, 2.75) is 196 Å². The van der Waals surface area contributed by atoms with Crippen LogP contribution in [0.3, 0.4) is 0 Å². The van der Waals surface area contributed by atoms with Crippen LogP contribution in [0.1, 0.15) is 193 Å². The van der Waals surface area contributed by atoms with Crippen LogP contribution < -0.4 is 4.74 Å². The Hall–Kier alpha value is -4.47. The highest BCUT2D eigenvalue weighted by Gasteiger charge is 2.27.